The first-order valence-electron chi connectivity index (χ1n) is 5.89. The molecule has 2 unspecified atom stereocenters. The van der Waals surface area contributed by atoms with Crippen molar-refractivity contribution < 1.29 is 9.90 Å². The molecule has 6 nitrogen and oxygen atoms in total. The molecule has 94 valence electrons. The molecule has 1 aromatic heterocycles. The van der Waals surface area contributed by atoms with Crippen LogP contribution in [0.4, 0.5) is 5.69 Å². The summed E-state index contributed by atoms with van der Waals surface area (Å²) in [6, 6.07) is -0.187. The van der Waals surface area contributed by atoms with Crippen LogP contribution in [0.15, 0.2) is 0 Å². The number of aliphatic hydroxyl groups excluding tert-OH is 1. The van der Waals surface area contributed by atoms with Gasteiger partial charge in [0, 0.05) is 0 Å². The first-order valence-corrected chi connectivity index (χ1v) is 5.89. The van der Waals surface area contributed by atoms with E-state index in [1.54, 1.807) is 6.92 Å². The lowest BCUT2D eigenvalue weighted by atomic mass is 9.92. The highest BCUT2D eigenvalue weighted by atomic mass is 16.3. The number of nitrogens with zero attached hydrogens (tertiary/aromatic N) is 1. The molecule has 17 heavy (non-hydrogen) atoms. The fraction of sp³-hybridized carbons (Fsp3) is 0.636. The number of carbonyl (C=O) groups is 1. The van der Waals surface area contributed by atoms with Gasteiger partial charge in [0.1, 0.15) is 0 Å². The number of carbonyl (C=O) groups excluding carboxylic acids is 1. The summed E-state index contributed by atoms with van der Waals surface area (Å²) in [7, 11) is 0. The molecule has 1 saturated carbocycles. The summed E-state index contributed by atoms with van der Waals surface area (Å²) in [5, 5.41) is 19.1. The van der Waals surface area contributed by atoms with Crippen LogP contribution in [0.3, 0.4) is 0 Å². The van der Waals surface area contributed by atoms with E-state index >= 15 is 0 Å². The van der Waals surface area contributed by atoms with E-state index in [0.29, 0.717) is 11.4 Å². The Morgan fingerprint density at radius 2 is 2.24 bits per heavy atom. The van der Waals surface area contributed by atoms with Gasteiger partial charge in [-0.3, -0.25) is 9.89 Å². The Morgan fingerprint density at radius 3 is 2.82 bits per heavy atom. The molecule has 1 fully saturated rings. The molecule has 1 aliphatic carbocycles. The summed E-state index contributed by atoms with van der Waals surface area (Å²) in [6.07, 6.45) is 3.11. The predicted molar refractivity (Wildman–Crippen MR) is 63.5 cm³/mol. The van der Waals surface area contributed by atoms with Crippen LogP contribution in [0.2, 0.25) is 0 Å². The van der Waals surface area contributed by atoms with Crippen LogP contribution in [0.1, 0.15) is 41.9 Å². The van der Waals surface area contributed by atoms with Crippen LogP contribution in [0.25, 0.3) is 0 Å². The number of nitrogen functional groups attached to an aromatic ring is 1. The molecule has 0 bridgehead atoms. The monoisotopic (exact) mass is 238 g/mol. The Kier molecular flexibility index (Phi) is 3.33. The molecule has 0 spiro atoms. The molecule has 1 amide bonds. The van der Waals surface area contributed by atoms with Crippen molar-refractivity contribution >= 4 is 11.6 Å². The van der Waals surface area contributed by atoms with Crippen LogP contribution in [0.5, 0.6) is 0 Å². The molecular formula is C11H18N4O2. The summed E-state index contributed by atoms with van der Waals surface area (Å²) in [5.74, 6) is -0.321. The standard InChI is InChI=1S/C11H18N4O2/c1-6-9(12)10(15-14-6)11(17)13-7-4-2-3-5-8(7)16/h7-8,16H,2-5,12H2,1H3,(H,13,17)(H,14,15). The van der Waals surface area contributed by atoms with Gasteiger partial charge in [-0.2, -0.15) is 5.10 Å². The molecule has 1 aliphatic rings. The maximum atomic E-state index is 11.9. The van der Waals surface area contributed by atoms with E-state index in [4.69, 9.17) is 5.73 Å². The summed E-state index contributed by atoms with van der Waals surface area (Å²) in [5.41, 5.74) is 6.98. The lowest BCUT2D eigenvalue weighted by molar-refractivity contribution is 0.0714. The molecule has 2 rings (SSSR count). The lowest BCUT2D eigenvalue weighted by Gasteiger charge is -2.28. The smallest absolute Gasteiger partial charge is 0.274 e. The first-order chi connectivity index (χ1) is 8.09. The predicted octanol–water partition coefficient (Wildman–Crippen LogP) is 0.334. The summed E-state index contributed by atoms with van der Waals surface area (Å²) in [4.78, 5) is 11.9. The van der Waals surface area contributed by atoms with E-state index in [2.05, 4.69) is 15.5 Å². The first kappa shape index (κ1) is 11.9. The van der Waals surface area contributed by atoms with Gasteiger partial charge in [-0.1, -0.05) is 12.8 Å². The van der Waals surface area contributed by atoms with Gasteiger partial charge in [-0.25, -0.2) is 0 Å². The number of aromatic amines is 1. The van der Waals surface area contributed by atoms with Crippen molar-refractivity contribution in [2.75, 3.05) is 5.73 Å². The molecule has 6 heteroatoms. The molecule has 2 atom stereocenters. The molecular weight excluding hydrogens is 220 g/mol. The lowest BCUT2D eigenvalue weighted by Crippen LogP contribution is -2.45. The average Bonchev–Trinajstić information content (AvgIpc) is 2.63. The molecule has 5 N–H and O–H groups in total. The number of H-pyrrole nitrogens is 1. The molecule has 1 heterocycles. The van der Waals surface area contributed by atoms with Crippen LogP contribution >= 0.6 is 0 Å². The van der Waals surface area contributed by atoms with Crippen molar-refractivity contribution in [2.45, 2.75) is 44.8 Å². The second-order valence-electron chi connectivity index (χ2n) is 4.54. The van der Waals surface area contributed by atoms with Gasteiger partial charge in [-0.05, 0) is 19.8 Å². The largest absolute Gasteiger partial charge is 0.395 e. The number of rotatable bonds is 2. The minimum Gasteiger partial charge on any atom is -0.395 e. The van der Waals surface area contributed by atoms with Crippen molar-refractivity contribution in [3.63, 3.8) is 0 Å². The quantitative estimate of drug-likeness (QED) is 0.596. The van der Waals surface area contributed by atoms with Crippen LogP contribution in [-0.4, -0.2) is 33.4 Å². The number of nitrogens with one attached hydrogen (secondary N) is 2. The van der Waals surface area contributed by atoms with Gasteiger partial charge < -0.3 is 16.2 Å². The maximum absolute atomic E-state index is 11.9. The van der Waals surface area contributed by atoms with Crippen molar-refractivity contribution in [2.24, 2.45) is 0 Å². The minimum absolute atomic E-state index is 0.187. The normalized spacial score (nSPS) is 24.6. The van der Waals surface area contributed by atoms with Crippen LogP contribution < -0.4 is 11.1 Å². The van der Waals surface area contributed by atoms with Gasteiger partial charge in [0.25, 0.3) is 5.91 Å². The molecule has 0 aliphatic heterocycles. The van der Waals surface area contributed by atoms with Gasteiger partial charge >= 0.3 is 0 Å². The highest BCUT2D eigenvalue weighted by Gasteiger charge is 2.26. The maximum Gasteiger partial charge on any atom is 0.274 e. The summed E-state index contributed by atoms with van der Waals surface area (Å²) >= 11 is 0. The molecule has 0 aromatic carbocycles. The molecule has 1 aromatic rings. The van der Waals surface area contributed by atoms with Crippen molar-refractivity contribution in [1.82, 2.24) is 15.5 Å². The van der Waals surface area contributed by atoms with E-state index < -0.39 is 6.10 Å². The van der Waals surface area contributed by atoms with Crippen LogP contribution in [-0.2, 0) is 0 Å². The van der Waals surface area contributed by atoms with Gasteiger partial charge in [-0.15, -0.1) is 0 Å². The van der Waals surface area contributed by atoms with E-state index in [1.165, 1.54) is 0 Å². The number of aryl methyl sites for hydroxylation is 1. The zero-order valence-corrected chi connectivity index (χ0v) is 9.86. The van der Waals surface area contributed by atoms with Crippen molar-refractivity contribution in [1.29, 1.82) is 0 Å². The van der Waals surface area contributed by atoms with E-state index in [1.807, 2.05) is 0 Å². The third-order valence-corrected chi connectivity index (χ3v) is 3.26. The van der Waals surface area contributed by atoms with Gasteiger partial charge in [0.05, 0.1) is 23.5 Å². The van der Waals surface area contributed by atoms with E-state index in [0.717, 1.165) is 25.7 Å². The summed E-state index contributed by atoms with van der Waals surface area (Å²) < 4.78 is 0. The minimum atomic E-state index is -0.464. The van der Waals surface area contributed by atoms with Crippen molar-refractivity contribution in [3.8, 4) is 0 Å². The topological polar surface area (TPSA) is 104 Å². The number of hydrogen-bond donors (Lipinski definition) is 4. The summed E-state index contributed by atoms with van der Waals surface area (Å²) in [6.45, 7) is 1.76. The third kappa shape index (κ3) is 2.41. The van der Waals surface area contributed by atoms with E-state index in [9.17, 15) is 9.90 Å². The number of amides is 1. The number of hydrogen-bond acceptors (Lipinski definition) is 4. The molecule has 0 saturated heterocycles. The Balaban J connectivity index is 2.03. The number of aliphatic hydroxyl groups is 1. The number of anilines is 1. The highest BCUT2D eigenvalue weighted by molar-refractivity contribution is 5.97. The van der Waals surface area contributed by atoms with Crippen LogP contribution in [0, 0.1) is 6.92 Å². The molecule has 0 radical (unpaired) electrons. The Hall–Kier alpha value is -1.56. The number of nitrogens with two attached hydrogens (primary N) is 1. The Bertz CT molecular complexity index is 416. The number of aromatic nitrogens is 2. The fourth-order valence-corrected chi connectivity index (χ4v) is 2.13. The fourth-order valence-electron chi connectivity index (χ4n) is 2.13. The Morgan fingerprint density at radius 1 is 1.53 bits per heavy atom. The SMILES string of the molecule is Cc1[nH]nc(C(=O)NC2CCCCC2O)c1N. The second kappa shape index (κ2) is 4.75. The zero-order chi connectivity index (χ0) is 12.4. The highest BCUT2D eigenvalue weighted by Crippen LogP contribution is 2.19. The van der Waals surface area contributed by atoms with E-state index in [-0.39, 0.29) is 17.6 Å². The van der Waals surface area contributed by atoms with Gasteiger partial charge in [0.2, 0.25) is 0 Å². The zero-order valence-electron chi connectivity index (χ0n) is 9.86. The third-order valence-electron chi connectivity index (χ3n) is 3.26. The van der Waals surface area contributed by atoms with Crippen molar-refractivity contribution in [3.05, 3.63) is 11.4 Å². The second-order valence-corrected chi connectivity index (χ2v) is 4.54. The Labute approximate surface area is 99.6 Å². The average molecular weight is 238 g/mol. The van der Waals surface area contributed by atoms with Gasteiger partial charge in [0.15, 0.2) is 5.69 Å².